The number of rotatable bonds is 3. The fraction of sp³-hybridized carbons (Fsp3) is 0.444. The molecule has 0 aromatic carbocycles. The van der Waals surface area contributed by atoms with Gasteiger partial charge in [-0.15, -0.1) is 0 Å². The van der Waals surface area contributed by atoms with E-state index in [0.29, 0.717) is 5.69 Å². The predicted molar refractivity (Wildman–Crippen MR) is 56.2 cm³/mol. The molecule has 9 heteroatoms. The highest BCUT2D eigenvalue weighted by atomic mass is 35.5. The number of aliphatic hydroxyl groups excluding tert-OH is 1. The molecule has 1 amide bonds. The molecule has 0 fully saturated rings. The number of aliphatic hydroxyl groups is 1. The first-order valence-electron chi connectivity index (χ1n) is 4.74. The van der Waals surface area contributed by atoms with Gasteiger partial charge in [-0.1, -0.05) is 0 Å². The molecule has 1 rings (SSSR count). The smallest absolute Gasteiger partial charge is 0.382 e. The van der Waals surface area contributed by atoms with Gasteiger partial charge in [-0.05, 0) is 24.6 Å². The Labute approximate surface area is 105 Å². The lowest BCUT2D eigenvalue weighted by atomic mass is 10.3. The van der Waals surface area contributed by atoms with Crippen molar-refractivity contribution in [2.75, 3.05) is 6.54 Å². The number of nitrogens with zero attached hydrogens (tertiary/aromatic N) is 2. The van der Waals surface area contributed by atoms with Gasteiger partial charge in [-0.25, -0.2) is 9.97 Å². The lowest BCUT2D eigenvalue weighted by molar-refractivity contribution is -0.201. The van der Waals surface area contributed by atoms with Gasteiger partial charge in [-0.3, -0.25) is 4.79 Å². The maximum Gasteiger partial charge on any atom is 0.416 e. The standard InChI is InChI=1S/C9H9ClF3N3O2/c1-4-2-5(16-8(10)15-4)7(18)14-3-6(17)9(11,12)13/h2,6,17H,3H2,1H3,(H,14,18). The second-order valence-corrected chi connectivity index (χ2v) is 3.77. The molecule has 0 aliphatic rings. The maximum atomic E-state index is 12.0. The van der Waals surface area contributed by atoms with E-state index in [0.717, 1.165) is 0 Å². The highest BCUT2D eigenvalue weighted by molar-refractivity contribution is 6.28. The summed E-state index contributed by atoms with van der Waals surface area (Å²) >= 11 is 5.50. The van der Waals surface area contributed by atoms with Gasteiger partial charge in [0.25, 0.3) is 5.91 Å². The molecule has 1 aromatic heterocycles. The maximum absolute atomic E-state index is 12.0. The summed E-state index contributed by atoms with van der Waals surface area (Å²) < 4.78 is 35.9. The predicted octanol–water partition coefficient (Wildman–Crippen LogP) is 1.09. The van der Waals surface area contributed by atoms with Crippen molar-refractivity contribution in [2.24, 2.45) is 0 Å². The number of alkyl halides is 3. The van der Waals surface area contributed by atoms with Crippen molar-refractivity contribution in [1.29, 1.82) is 0 Å². The number of hydrogen-bond acceptors (Lipinski definition) is 4. The topological polar surface area (TPSA) is 75.1 Å². The van der Waals surface area contributed by atoms with Crippen LogP contribution in [0.4, 0.5) is 13.2 Å². The van der Waals surface area contributed by atoms with Crippen LogP contribution in [0, 0.1) is 6.92 Å². The molecule has 1 heterocycles. The zero-order valence-electron chi connectivity index (χ0n) is 9.12. The van der Waals surface area contributed by atoms with Gasteiger partial charge in [0, 0.05) is 5.69 Å². The molecule has 0 saturated carbocycles. The van der Waals surface area contributed by atoms with Gasteiger partial charge in [0.1, 0.15) is 5.69 Å². The van der Waals surface area contributed by atoms with E-state index in [2.05, 4.69) is 9.97 Å². The molecule has 5 nitrogen and oxygen atoms in total. The Bertz CT molecular complexity index is 433. The van der Waals surface area contributed by atoms with Crippen molar-refractivity contribution in [2.45, 2.75) is 19.2 Å². The Morgan fingerprint density at radius 3 is 2.67 bits per heavy atom. The molecule has 2 N–H and O–H groups in total. The summed E-state index contributed by atoms with van der Waals surface area (Å²) in [5.74, 6) is -0.870. The average Bonchev–Trinajstić information content (AvgIpc) is 2.22. The van der Waals surface area contributed by atoms with E-state index in [1.54, 1.807) is 6.92 Å². The van der Waals surface area contributed by atoms with Crippen molar-refractivity contribution >= 4 is 17.5 Å². The largest absolute Gasteiger partial charge is 0.416 e. The molecule has 1 unspecified atom stereocenters. The van der Waals surface area contributed by atoms with Crippen LogP contribution >= 0.6 is 11.6 Å². The van der Waals surface area contributed by atoms with E-state index in [1.807, 2.05) is 5.32 Å². The Kier molecular flexibility index (Phi) is 4.47. The molecule has 1 aromatic rings. The van der Waals surface area contributed by atoms with Crippen LogP contribution in [0.15, 0.2) is 6.07 Å². The van der Waals surface area contributed by atoms with Crippen molar-refractivity contribution in [3.05, 3.63) is 22.7 Å². The molecular weight excluding hydrogens is 275 g/mol. The normalized spacial score (nSPS) is 13.2. The first kappa shape index (κ1) is 14.7. The van der Waals surface area contributed by atoms with Crippen molar-refractivity contribution < 1.29 is 23.1 Å². The number of nitrogens with one attached hydrogen (secondary N) is 1. The summed E-state index contributed by atoms with van der Waals surface area (Å²) in [5.41, 5.74) is 0.235. The molecular formula is C9H9ClF3N3O2. The third-order valence-corrected chi connectivity index (χ3v) is 2.06. The van der Waals surface area contributed by atoms with Crippen molar-refractivity contribution in [3.8, 4) is 0 Å². The summed E-state index contributed by atoms with van der Waals surface area (Å²) in [5, 5.41) is 10.4. The number of amides is 1. The fourth-order valence-corrected chi connectivity index (χ4v) is 1.27. The van der Waals surface area contributed by atoms with Crippen LogP contribution in [-0.4, -0.2) is 39.8 Å². The van der Waals surface area contributed by atoms with Gasteiger partial charge >= 0.3 is 6.18 Å². The van der Waals surface area contributed by atoms with Crippen LogP contribution in [0.2, 0.25) is 5.28 Å². The Balaban J connectivity index is 2.66. The number of aryl methyl sites for hydroxylation is 1. The van der Waals surface area contributed by atoms with E-state index in [-0.39, 0.29) is 11.0 Å². The summed E-state index contributed by atoms with van der Waals surface area (Å²) in [6.45, 7) is 0.595. The summed E-state index contributed by atoms with van der Waals surface area (Å²) in [6.07, 6.45) is -7.41. The Morgan fingerprint density at radius 1 is 1.56 bits per heavy atom. The van der Waals surface area contributed by atoms with E-state index < -0.39 is 24.7 Å². The summed E-state index contributed by atoms with van der Waals surface area (Å²) in [6, 6.07) is 1.27. The molecule has 0 bridgehead atoms. The number of hydrogen-bond donors (Lipinski definition) is 2. The number of carbonyl (C=O) groups is 1. The minimum Gasteiger partial charge on any atom is -0.382 e. The number of halogens is 4. The van der Waals surface area contributed by atoms with Crippen molar-refractivity contribution in [3.63, 3.8) is 0 Å². The zero-order chi connectivity index (χ0) is 13.9. The summed E-state index contributed by atoms with van der Waals surface area (Å²) in [4.78, 5) is 18.7. The molecule has 0 radical (unpaired) electrons. The van der Waals surface area contributed by atoms with Crippen molar-refractivity contribution in [1.82, 2.24) is 15.3 Å². The first-order valence-corrected chi connectivity index (χ1v) is 5.12. The zero-order valence-corrected chi connectivity index (χ0v) is 9.88. The minimum absolute atomic E-state index is 0.165. The highest BCUT2D eigenvalue weighted by Crippen LogP contribution is 2.19. The average molecular weight is 284 g/mol. The SMILES string of the molecule is Cc1cc(C(=O)NCC(O)C(F)(F)F)nc(Cl)n1. The van der Waals surface area contributed by atoms with Gasteiger partial charge in [0.2, 0.25) is 5.28 Å². The summed E-state index contributed by atoms with van der Waals surface area (Å²) in [7, 11) is 0. The van der Waals surface area contributed by atoms with E-state index in [1.165, 1.54) is 6.07 Å². The van der Waals surface area contributed by atoms with Gasteiger partial charge < -0.3 is 10.4 Å². The lowest BCUT2D eigenvalue weighted by Gasteiger charge is -2.14. The number of carbonyl (C=O) groups excluding carboxylic acids is 1. The molecule has 100 valence electrons. The second-order valence-electron chi connectivity index (χ2n) is 3.43. The van der Waals surface area contributed by atoms with Crippen LogP contribution in [-0.2, 0) is 0 Å². The van der Waals surface area contributed by atoms with Crippen LogP contribution in [0.3, 0.4) is 0 Å². The number of aromatic nitrogens is 2. The minimum atomic E-state index is -4.79. The van der Waals surface area contributed by atoms with Crippen LogP contribution in [0.25, 0.3) is 0 Å². The third kappa shape index (κ3) is 4.11. The third-order valence-electron chi connectivity index (χ3n) is 1.89. The van der Waals surface area contributed by atoms with Gasteiger partial charge in [0.15, 0.2) is 6.10 Å². The van der Waals surface area contributed by atoms with E-state index >= 15 is 0 Å². The fourth-order valence-electron chi connectivity index (χ4n) is 1.04. The monoisotopic (exact) mass is 283 g/mol. The Hall–Kier alpha value is -1.41. The van der Waals surface area contributed by atoms with E-state index in [9.17, 15) is 18.0 Å². The first-order chi connectivity index (χ1) is 8.20. The van der Waals surface area contributed by atoms with Crippen LogP contribution in [0.1, 0.15) is 16.2 Å². The quantitative estimate of drug-likeness (QED) is 0.815. The molecule has 0 spiro atoms. The van der Waals surface area contributed by atoms with E-state index in [4.69, 9.17) is 16.7 Å². The second kappa shape index (κ2) is 5.49. The molecule has 0 aliphatic carbocycles. The highest BCUT2D eigenvalue weighted by Gasteiger charge is 2.38. The van der Waals surface area contributed by atoms with Gasteiger partial charge in [-0.2, -0.15) is 13.2 Å². The Morgan fingerprint density at radius 2 is 2.17 bits per heavy atom. The molecule has 1 atom stereocenters. The molecule has 18 heavy (non-hydrogen) atoms. The lowest BCUT2D eigenvalue weighted by Crippen LogP contribution is -2.40. The molecule has 0 aliphatic heterocycles. The van der Waals surface area contributed by atoms with Crippen LogP contribution in [0.5, 0.6) is 0 Å². The van der Waals surface area contributed by atoms with Crippen LogP contribution < -0.4 is 5.32 Å². The molecule has 0 saturated heterocycles. The van der Waals surface area contributed by atoms with Gasteiger partial charge in [0.05, 0.1) is 6.54 Å².